The van der Waals surface area contributed by atoms with Crippen LogP contribution in [0.25, 0.3) is 10.8 Å². The summed E-state index contributed by atoms with van der Waals surface area (Å²) in [4.78, 5) is 0. The fourth-order valence-corrected chi connectivity index (χ4v) is 1.56. The van der Waals surface area contributed by atoms with E-state index in [0.717, 1.165) is 6.07 Å². The van der Waals surface area contributed by atoms with Gasteiger partial charge in [0.05, 0.1) is 0 Å². The van der Waals surface area contributed by atoms with Crippen molar-refractivity contribution < 1.29 is 18.3 Å². The molecule has 0 spiro atoms. The molecule has 0 aliphatic heterocycles. The average molecular weight is 212 g/mol. The van der Waals surface area contributed by atoms with Crippen LogP contribution in [0.3, 0.4) is 0 Å². The van der Waals surface area contributed by atoms with Gasteiger partial charge in [0.25, 0.3) is 0 Å². The van der Waals surface area contributed by atoms with Gasteiger partial charge in [-0.15, -0.1) is 0 Å². The maximum Gasteiger partial charge on any atom is 0.420 e. The largest absolute Gasteiger partial charge is 0.507 e. The first-order valence-electron chi connectivity index (χ1n) is 4.28. The van der Waals surface area contributed by atoms with Crippen molar-refractivity contribution in [3.63, 3.8) is 0 Å². The Morgan fingerprint density at radius 2 is 1.60 bits per heavy atom. The van der Waals surface area contributed by atoms with Gasteiger partial charge in [0, 0.05) is 0 Å². The number of rotatable bonds is 0. The van der Waals surface area contributed by atoms with Crippen LogP contribution in [0, 0.1) is 0 Å². The molecule has 4 heteroatoms. The lowest BCUT2D eigenvalue weighted by atomic mass is 10.0. The number of hydrogen-bond donors (Lipinski definition) is 1. The zero-order valence-electron chi connectivity index (χ0n) is 7.55. The Morgan fingerprint density at radius 3 is 2.27 bits per heavy atom. The molecule has 0 aliphatic carbocycles. The monoisotopic (exact) mass is 212 g/mol. The molecule has 0 unspecified atom stereocenters. The Hall–Kier alpha value is -1.71. The molecule has 15 heavy (non-hydrogen) atoms. The van der Waals surface area contributed by atoms with Crippen molar-refractivity contribution in [1.29, 1.82) is 0 Å². The highest BCUT2D eigenvalue weighted by Gasteiger charge is 2.35. The summed E-state index contributed by atoms with van der Waals surface area (Å²) in [5.74, 6) is -0.735. The van der Waals surface area contributed by atoms with E-state index in [2.05, 4.69) is 0 Å². The molecule has 1 nitrogen and oxygen atoms in total. The standard InChI is InChI=1S/C11H7F3O/c12-11(13,14)10-8-4-2-1-3-7(8)5-6-9(10)15/h1-6,15H. The first-order chi connectivity index (χ1) is 7.00. The predicted octanol–water partition coefficient (Wildman–Crippen LogP) is 3.56. The molecule has 0 bridgehead atoms. The Bertz CT molecular complexity index is 503. The van der Waals surface area contributed by atoms with Crippen LogP contribution in [0.5, 0.6) is 5.75 Å². The zero-order chi connectivity index (χ0) is 11.1. The van der Waals surface area contributed by atoms with Crippen molar-refractivity contribution >= 4 is 10.8 Å². The molecule has 0 saturated heterocycles. The Labute approximate surface area is 83.8 Å². The third-order valence-corrected chi connectivity index (χ3v) is 2.19. The van der Waals surface area contributed by atoms with E-state index in [1.54, 1.807) is 12.1 Å². The van der Waals surface area contributed by atoms with Crippen molar-refractivity contribution in [3.8, 4) is 5.75 Å². The van der Waals surface area contributed by atoms with Gasteiger partial charge in [0.2, 0.25) is 0 Å². The lowest BCUT2D eigenvalue weighted by Crippen LogP contribution is -2.06. The van der Waals surface area contributed by atoms with Crippen molar-refractivity contribution in [2.75, 3.05) is 0 Å². The van der Waals surface area contributed by atoms with Gasteiger partial charge in [-0.3, -0.25) is 0 Å². The SMILES string of the molecule is Oc1ccc2ccccc2c1C(F)(F)F. The second kappa shape index (κ2) is 3.15. The van der Waals surface area contributed by atoms with E-state index >= 15 is 0 Å². The second-order valence-corrected chi connectivity index (χ2v) is 3.18. The highest BCUT2D eigenvalue weighted by atomic mass is 19.4. The van der Waals surface area contributed by atoms with E-state index in [1.165, 1.54) is 18.2 Å². The maximum absolute atomic E-state index is 12.6. The van der Waals surface area contributed by atoms with E-state index in [9.17, 15) is 18.3 Å². The van der Waals surface area contributed by atoms with Crippen molar-refractivity contribution in [3.05, 3.63) is 42.0 Å². The minimum Gasteiger partial charge on any atom is -0.507 e. The number of hydrogen-bond acceptors (Lipinski definition) is 1. The summed E-state index contributed by atoms with van der Waals surface area (Å²) >= 11 is 0. The highest BCUT2D eigenvalue weighted by Crippen LogP contribution is 2.40. The molecule has 1 N–H and O–H groups in total. The van der Waals surface area contributed by atoms with Gasteiger partial charge >= 0.3 is 6.18 Å². The normalized spacial score (nSPS) is 11.9. The number of benzene rings is 2. The second-order valence-electron chi connectivity index (χ2n) is 3.18. The predicted molar refractivity (Wildman–Crippen MR) is 50.6 cm³/mol. The van der Waals surface area contributed by atoms with Crippen LogP contribution in [0.15, 0.2) is 36.4 Å². The molecule has 78 valence electrons. The summed E-state index contributed by atoms with van der Waals surface area (Å²) in [6.07, 6.45) is -4.54. The Balaban J connectivity index is 2.86. The molecule has 0 atom stereocenters. The maximum atomic E-state index is 12.6. The lowest BCUT2D eigenvalue weighted by molar-refractivity contribution is -0.137. The van der Waals surface area contributed by atoms with Gasteiger partial charge in [-0.25, -0.2) is 0 Å². The Morgan fingerprint density at radius 1 is 0.933 bits per heavy atom. The lowest BCUT2D eigenvalue weighted by Gasteiger charge is -2.11. The van der Waals surface area contributed by atoms with Crippen LogP contribution in [0.1, 0.15) is 5.56 Å². The molecular formula is C11H7F3O. The molecule has 0 aromatic heterocycles. The number of alkyl halides is 3. The highest BCUT2D eigenvalue weighted by molar-refractivity contribution is 5.88. The van der Waals surface area contributed by atoms with Crippen LogP contribution in [0.4, 0.5) is 13.2 Å². The molecule has 2 aromatic rings. The summed E-state index contributed by atoms with van der Waals surface area (Å²) in [5.41, 5.74) is -0.972. The molecular weight excluding hydrogens is 205 g/mol. The van der Waals surface area contributed by atoms with Crippen molar-refractivity contribution in [2.24, 2.45) is 0 Å². The van der Waals surface area contributed by atoms with Crippen LogP contribution >= 0.6 is 0 Å². The third-order valence-electron chi connectivity index (χ3n) is 2.19. The number of phenolic OH excluding ortho intramolecular Hbond substituents is 1. The summed E-state index contributed by atoms with van der Waals surface area (Å²) in [6.45, 7) is 0. The van der Waals surface area contributed by atoms with Crippen LogP contribution in [0.2, 0.25) is 0 Å². The van der Waals surface area contributed by atoms with Gasteiger partial charge in [-0.2, -0.15) is 13.2 Å². The average Bonchev–Trinajstić information content (AvgIpc) is 2.15. The minimum absolute atomic E-state index is 0.0185. The van der Waals surface area contributed by atoms with Crippen molar-refractivity contribution in [1.82, 2.24) is 0 Å². The summed E-state index contributed by atoms with van der Waals surface area (Å²) in [5, 5.41) is 9.70. The molecule has 0 amide bonds. The van der Waals surface area contributed by atoms with Gasteiger partial charge in [-0.05, 0) is 16.8 Å². The number of aromatic hydroxyl groups is 1. The first kappa shape index (κ1) is 9.83. The van der Waals surface area contributed by atoms with E-state index in [-0.39, 0.29) is 5.39 Å². The van der Waals surface area contributed by atoms with Gasteiger partial charge in [0.1, 0.15) is 11.3 Å². The van der Waals surface area contributed by atoms with E-state index in [4.69, 9.17) is 0 Å². The number of fused-ring (bicyclic) bond motifs is 1. The van der Waals surface area contributed by atoms with E-state index < -0.39 is 17.5 Å². The summed E-state index contributed by atoms with van der Waals surface area (Å²) in [7, 11) is 0. The van der Waals surface area contributed by atoms with Crippen molar-refractivity contribution in [2.45, 2.75) is 6.18 Å². The van der Waals surface area contributed by atoms with Gasteiger partial charge in [0.15, 0.2) is 0 Å². The van der Waals surface area contributed by atoms with Crippen LogP contribution < -0.4 is 0 Å². The smallest absolute Gasteiger partial charge is 0.420 e. The molecule has 0 saturated carbocycles. The van der Waals surface area contributed by atoms with Crippen LogP contribution in [-0.2, 0) is 6.18 Å². The first-order valence-corrected chi connectivity index (χ1v) is 4.28. The molecule has 0 heterocycles. The molecule has 0 fully saturated rings. The fourth-order valence-electron chi connectivity index (χ4n) is 1.56. The molecule has 2 rings (SSSR count). The summed E-state index contributed by atoms with van der Waals surface area (Å²) in [6, 6.07) is 8.60. The van der Waals surface area contributed by atoms with E-state index in [0.29, 0.717) is 5.39 Å². The quantitative estimate of drug-likeness (QED) is 0.707. The van der Waals surface area contributed by atoms with Crippen LogP contribution in [-0.4, -0.2) is 5.11 Å². The fraction of sp³-hybridized carbons (Fsp3) is 0.0909. The number of halogens is 3. The number of phenols is 1. The minimum atomic E-state index is -4.54. The molecule has 0 radical (unpaired) electrons. The van der Waals surface area contributed by atoms with Gasteiger partial charge in [-0.1, -0.05) is 30.3 Å². The molecule has 2 aromatic carbocycles. The van der Waals surface area contributed by atoms with Gasteiger partial charge < -0.3 is 5.11 Å². The third kappa shape index (κ3) is 1.63. The van der Waals surface area contributed by atoms with E-state index in [1.807, 2.05) is 0 Å². The zero-order valence-corrected chi connectivity index (χ0v) is 7.55. The molecule has 0 aliphatic rings. The topological polar surface area (TPSA) is 20.2 Å². The Kier molecular flexibility index (Phi) is 2.07. The summed E-state index contributed by atoms with van der Waals surface area (Å²) < 4.78 is 37.9.